The second kappa shape index (κ2) is 14.2. The van der Waals surface area contributed by atoms with Crippen molar-refractivity contribution in [1.29, 1.82) is 0 Å². The summed E-state index contributed by atoms with van der Waals surface area (Å²) < 4.78 is 39.3. The highest BCUT2D eigenvalue weighted by Gasteiger charge is 2.33. The molecule has 3 aromatic rings. The van der Waals surface area contributed by atoms with Gasteiger partial charge in [-0.15, -0.1) is 0 Å². The lowest BCUT2D eigenvalue weighted by Crippen LogP contribution is -2.52. The molecule has 41 heavy (non-hydrogen) atoms. The molecule has 11 heteroatoms. The summed E-state index contributed by atoms with van der Waals surface area (Å²) in [5.41, 5.74) is 0.966. The molecule has 1 N–H and O–H groups in total. The summed E-state index contributed by atoms with van der Waals surface area (Å²) in [6, 6.07) is 18.2. The van der Waals surface area contributed by atoms with Crippen LogP contribution in [0.5, 0.6) is 11.5 Å². The maximum Gasteiger partial charge on any atom is 0.264 e. The molecular formula is C30H36ClN3O6S. The highest BCUT2D eigenvalue weighted by Crippen LogP contribution is 2.27. The minimum atomic E-state index is -4.21. The molecule has 0 spiro atoms. The van der Waals surface area contributed by atoms with Crippen LogP contribution in [0.1, 0.15) is 32.8 Å². The van der Waals surface area contributed by atoms with Gasteiger partial charge in [-0.3, -0.25) is 13.9 Å². The van der Waals surface area contributed by atoms with E-state index in [1.54, 1.807) is 37.3 Å². The first-order chi connectivity index (χ1) is 19.5. The number of nitrogens with one attached hydrogen (secondary N) is 1. The molecule has 220 valence electrons. The quantitative estimate of drug-likeness (QED) is 0.299. The van der Waals surface area contributed by atoms with Crippen molar-refractivity contribution < 1.29 is 27.5 Å². The van der Waals surface area contributed by atoms with Crippen LogP contribution in [0.4, 0.5) is 5.69 Å². The van der Waals surface area contributed by atoms with E-state index in [1.807, 2.05) is 19.9 Å². The molecule has 0 radical (unpaired) electrons. The minimum Gasteiger partial charge on any atom is -0.497 e. The minimum absolute atomic E-state index is 0.0250. The van der Waals surface area contributed by atoms with E-state index in [-0.39, 0.29) is 29.1 Å². The van der Waals surface area contributed by atoms with Gasteiger partial charge in [-0.1, -0.05) is 30.7 Å². The third-order valence-electron chi connectivity index (χ3n) is 6.70. The number of sulfonamides is 1. The standard InChI is InChI=1S/C30H36ClN3O6S/c1-6-21(2)32-30(36)22(3)33(19-23-8-7-9-27(18-23)40-5)29(35)20-34(25-12-10-24(31)11-13-25)41(37,38)28-16-14-26(39-4)15-17-28/h7-18,21-22H,6,19-20H2,1-5H3,(H,32,36)/t21-,22-/m1/s1. The third-order valence-corrected chi connectivity index (χ3v) is 8.74. The van der Waals surface area contributed by atoms with Gasteiger partial charge in [-0.2, -0.15) is 0 Å². The lowest BCUT2D eigenvalue weighted by Gasteiger charge is -2.32. The summed E-state index contributed by atoms with van der Waals surface area (Å²) in [5, 5.41) is 3.33. The molecule has 2 amide bonds. The second-order valence-electron chi connectivity index (χ2n) is 9.53. The Morgan fingerprint density at radius 3 is 2.15 bits per heavy atom. The van der Waals surface area contributed by atoms with Crippen molar-refractivity contribution in [1.82, 2.24) is 10.2 Å². The molecule has 2 atom stereocenters. The molecule has 3 rings (SSSR count). The average molecular weight is 602 g/mol. The van der Waals surface area contributed by atoms with E-state index in [1.165, 1.54) is 55.5 Å². The lowest BCUT2D eigenvalue weighted by atomic mass is 10.1. The summed E-state index contributed by atoms with van der Waals surface area (Å²) in [6.07, 6.45) is 0.715. The topological polar surface area (TPSA) is 105 Å². The van der Waals surface area contributed by atoms with Crippen molar-refractivity contribution in [3.05, 3.63) is 83.4 Å². The number of methoxy groups -OCH3 is 2. The highest BCUT2D eigenvalue weighted by molar-refractivity contribution is 7.92. The number of carbonyl (C=O) groups excluding carboxylic acids is 2. The molecule has 3 aromatic carbocycles. The fourth-order valence-electron chi connectivity index (χ4n) is 4.03. The predicted octanol–water partition coefficient (Wildman–Crippen LogP) is 4.88. The summed E-state index contributed by atoms with van der Waals surface area (Å²) in [7, 11) is -1.18. The number of nitrogens with zero attached hydrogens (tertiary/aromatic N) is 2. The summed E-state index contributed by atoms with van der Waals surface area (Å²) in [5.74, 6) is 0.179. The van der Waals surface area contributed by atoms with E-state index < -0.39 is 28.5 Å². The van der Waals surface area contributed by atoms with Gasteiger partial charge in [0.25, 0.3) is 10.0 Å². The number of amides is 2. The molecule has 0 fully saturated rings. The normalized spacial score (nSPS) is 12.6. The van der Waals surface area contributed by atoms with Crippen LogP contribution in [-0.4, -0.2) is 58.0 Å². The van der Waals surface area contributed by atoms with E-state index in [0.29, 0.717) is 22.9 Å². The summed E-state index contributed by atoms with van der Waals surface area (Å²) >= 11 is 6.07. The van der Waals surface area contributed by atoms with Crippen molar-refractivity contribution in [3.63, 3.8) is 0 Å². The van der Waals surface area contributed by atoms with E-state index in [2.05, 4.69) is 5.32 Å². The van der Waals surface area contributed by atoms with Gasteiger partial charge in [0.1, 0.15) is 24.1 Å². The van der Waals surface area contributed by atoms with Crippen molar-refractivity contribution in [2.75, 3.05) is 25.1 Å². The zero-order chi connectivity index (χ0) is 30.2. The molecule has 0 saturated carbocycles. The van der Waals surface area contributed by atoms with Crippen molar-refractivity contribution >= 4 is 39.1 Å². The number of rotatable bonds is 13. The zero-order valence-electron chi connectivity index (χ0n) is 23.8. The smallest absolute Gasteiger partial charge is 0.264 e. The van der Waals surface area contributed by atoms with E-state index in [4.69, 9.17) is 21.1 Å². The molecule has 9 nitrogen and oxygen atoms in total. The number of benzene rings is 3. The van der Waals surface area contributed by atoms with Crippen LogP contribution in [0.25, 0.3) is 0 Å². The molecular weight excluding hydrogens is 566 g/mol. The molecule has 0 aliphatic heterocycles. The van der Waals surface area contributed by atoms with Gasteiger partial charge in [0.2, 0.25) is 11.8 Å². The van der Waals surface area contributed by atoms with E-state index in [9.17, 15) is 18.0 Å². The first-order valence-electron chi connectivity index (χ1n) is 13.1. The van der Waals surface area contributed by atoms with E-state index in [0.717, 1.165) is 9.87 Å². The fraction of sp³-hybridized carbons (Fsp3) is 0.333. The fourth-order valence-corrected chi connectivity index (χ4v) is 5.57. The zero-order valence-corrected chi connectivity index (χ0v) is 25.4. The lowest BCUT2D eigenvalue weighted by molar-refractivity contribution is -0.139. The van der Waals surface area contributed by atoms with Crippen LogP contribution >= 0.6 is 11.6 Å². The van der Waals surface area contributed by atoms with Gasteiger partial charge < -0.3 is 19.7 Å². The SMILES string of the molecule is CC[C@@H](C)NC(=O)[C@@H](C)N(Cc1cccc(OC)c1)C(=O)CN(c1ccc(Cl)cc1)S(=O)(=O)c1ccc(OC)cc1. The van der Waals surface area contributed by atoms with Crippen molar-refractivity contribution in [2.45, 2.75) is 50.7 Å². The average Bonchev–Trinajstić information content (AvgIpc) is 2.98. The van der Waals surface area contributed by atoms with Crippen molar-refractivity contribution in [3.8, 4) is 11.5 Å². The first kappa shape index (κ1) is 31.8. The summed E-state index contributed by atoms with van der Waals surface area (Å²) in [6.45, 7) is 4.95. The Kier molecular flexibility index (Phi) is 11.0. The Balaban J connectivity index is 2.03. The van der Waals surface area contributed by atoms with Gasteiger partial charge in [-0.25, -0.2) is 8.42 Å². The van der Waals surface area contributed by atoms with Crippen LogP contribution in [0.15, 0.2) is 77.7 Å². The number of ether oxygens (including phenoxy) is 2. The van der Waals surface area contributed by atoms with Gasteiger partial charge in [0.15, 0.2) is 0 Å². The molecule has 0 aliphatic rings. The summed E-state index contributed by atoms with van der Waals surface area (Å²) in [4.78, 5) is 28.5. The second-order valence-corrected chi connectivity index (χ2v) is 11.8. The van der Waals surface area contributed by atoms with Crippen molar-refractivity contribution in [2.24, 2.45) is 0 Å². The first-order valence-corrected chi connectivity index (χ1v) is 15.0. The largest absolute Gasteiger partial charge is 0.497 e. The van der Waals surface area contributed by atoms with E-state index >= 15 is 0 Å². The van der Waals surface area contributed by atoms with Crippen LogP contribution in [0, 0.1) is 0 Å². The molecule has 0 bridgehead atoms. The van der Waals surface area contributed by atoms with Crippen LogP contribution in [0.2, 0.25) is 5.02 Å². The molecule has 0 aliphatic carbocycles. The van der Waals surface area contributed by atoms with Gasteiger partial charge in [0.05, 0.1) is 24.8 Å². The molecule has 0 aromatic heterocycles. The number of hydrogen-bond acceptors (Lipinski definition) is 6. The highest BCUT2D eigenvalue weighted by atomic mass is 35.5. The monoisotopic (exact) mass is 601 g/mol. The Bertz CT molecular complexity index is 1430. The Hall–Kier alpha value is -3.76. The number of anilines is 1. The Morgan fingerprint density at radius 1 is 0.927 bits per heavy atom. The number of halogens is 1. The van der Waals surface area contributed by atoms with Crippen LogP contribution < -0.4 is 19.1 Å². The number of carbonyl (C=O) groups is 2. The van der Waals surface area contributed by atoms with Crippen LogP contribution in [0.3, 0.4) is 0 Å². The maximum atomic E-state index is 14.0. The molecule has 0 unspecified atom stereocenters. The van der Waals surface area contributed by atoms with Gasteiger partial charge in [0, 0.05) is 17.6 Å². The Morgan fingerprint density at radius 2 is 1.56 bits per heavy atom. The maximum absolute atomic E-state index is 14.0. The molecule has 0 heterocycles. The predicted molar refractivity (Wildman–Crippen MR) is 160 cm³/mol. The Labute approximate surface area is 247 Å². The molecule has 0 saturated heterocycles. The van der Waals surface area contributed by atoms with Crippen LogP contribution in [-0.2, 0) is 26.2 Å². The number of hydrogen-bond donors (Lipinski definition) is 1. The van der Waals surface area contributed by atoms with Gasteiger partial charge in [-0.05, 0) is 86.5 Å². The third kappa shape index (κ3) is 8.14. The van der Waals surface area contributed by atoms with Gasteiger partial charge >= 0.3 is 0 Å².